The van der Waals surface area contributed by atoms with E-state index in [1.165, 1.54) is 19.1 Å². The molecule has 0 amide bonds. The fraction of sp³-hybridized carbons (Fsp3) is 0.200. The van der Waals surface area contributed by atoms with Crippen LogP contribution in [0.4, 0.5) is 4.39 Å². The smallest absolute Gasteiger partial charge is 0.345 e. The summed E-state index contributed by atoms with van der Waals surface area (Å²) in [5, 5.41) is 8.77. The van der Waals surface area contributed by atoms with Crippen LogP contribution in [-0.2, 0) is 9.53 Å². The van der Waals surface area contributed by atoms with Gasteiger partial charge >= 0.3 is 11.9 Å². The standard InChI is InChI=1S/C10H9FO4/c1-6(12)9(13)15-10(14)7-2-4-8(11)5-3-7/h2-6,12H,1H3. The van der Waals surface area contributed by atoms with Crippen molar-refractivity contribution in [1.82, 2.24) is 0 Å². The lowest BCUT2D eigenvalue weighted by Crippen LogP contribution is -2.22. The summed E-state index contributed by atoms with van der Waals surface area (Å²) in [5.74, 6) is -2.45. The molecule has 1 aromatic rings. The molecular formula is C10H9FO4. The minimum atomic E-state index is -1.37. The molecule has 4 nitrogen and oxygen atoms in total. The Morgan fingerprint density at radius 2 is 1.87 bits per heavy atom. The zero-order valence-corrected chi connectivity index (χ0v) is 7.94. The zero-order valence-electron chi connectivity index (χ0n) is 7.94. The van der Waals surface area contributed by atoms with E-state index < -0.39 is 23.9 Å². The summed E-state index contributed by atoms with van der Waals surface area (Å²) in [6.45, 7) is 1.18. The van der Waals surface area contributed by atoms with Crippen molar-refractivity contribution in [2.75, 3.05) is 0 Å². The molecule has 0 aliphatic heterocycles. The third-order valence-electron chi connectivity index (χ3n) is 1.61. The predicted molar refractivity (Wildman–Crippen MR) is 48.5 cm³/mol. The number of hydrogen-bond acceptors (Lipinski definition) is 4. The van der Waals surface area contributed by atoms with Crippen LogP contribution in [0.5, 0.6) is 0 Å². The number of rotatable bonds is 2. The van der Waals surface area contributed by atoms with Gasteiger partial charge in [-0.15, -0.1) is 0 Å². The third kappa shape index (κ3) is 3.14. The topological polar surface area (TPSA) is 63.6 Å². The largest absolute Gasteiger partial charge is 0.387 e. The fourth-order valence-corrected chi connectivity index (χ4v) is 0.822. The Kier molecular flexibility index (Phi) is 3.51. The van der Waals surface area contributed by atoms with Crippen molar-refractivity contribution in [1.29, 1.82) is 0 Å². The van der Waals surface area contributed by atoms with E-state index in [2.05, 4.69) is 4.74 Å². The second-order valence-corrected chi connectivity index (χ2v) is 2.89. The van der Waals surface area contributed by atoms with Crippen LogP contribution < -0.4 is 0 Å². The molecule has 1 aromatic carbocycles. The highest BCUT2D eigenvalue weighted by Gasteiger charge is 2.16. The molecule has 80 valence electrons. The van der Waals surface area contributed by atoms with Gasteiger partial charge in [-0.3, -0.25) is 0 Å². The summed E-state index contributed by atoms with van der Waals surface area (Å²) >= 11 is 0. The first kappa shape index (κ1) is 11.3. The highest BCUT2D eigenvalue weighted by Crippen LogP contribution is 2.05. The molecule has 0 fully saturated rings. The lowest BCUT2D eigenvalue weighted by Gasteiger charge is -2.04. The van der Waals surface area contributed by atoms with Crippen LogP contribution in [0.25, 0.3) is 0 Å². The minimum absolute atomic E-state index is 0.0467. The molecule has 0 saturated heterocycles. The second-order valence-electron chi connectivity index (χ2n) is 2.89. The molecule has 1 atom stereocenters. The van der Waals surface area contributed by atoms with E-state index in [1.54, 1.807) is 0 Å². The van der Waals surface area contributed by atoms with Crippen LogP contribution in [0.2, 0.25) is 0 Å². The van der Waals surface area contributed by atoms with Crippen molar-refractivity contribution < 1.29 is 23.8 Å². The van der Waals surface area contributed by atoms with Crippen molar-refractivity contribution in [3.05, 3.63) is 35.6 Å². The number of hydrogen-bond donors (Lipinski definition) is 1. The van der Waals surface area contributed by atoms with E-state index >= 15 is 0 Å². The average molecular weight is 212 g/mol. The third-order valence-corrected chi connectivity index (χ3v) is 1.61. The molecule has 0 aliphatic rings. The Bertz CT molecular complexity index is 370. The summed E-state index contributed by atoms with van der Waals surface area (Å²) in [6, 6.07) is 4.52. The van der Waals surface area contributed by atoms with E-state index in [0.717, 1.165) is 12.1 Å². The van der Waals surface area contributed by atoms with E-state index in [-0.39, 0.29) is 5.56 Å². The molecule has 0 radical (unpaired) electrons. The molecule has 1 N–H and O–H groups in total. The van der Waals surface area contributed by atoms with Crippen LogP contribution in [0.1, 0.15) is 17.3 Å². The lowest BCUT2D eigenvalue weighted by molar-refractivity contribution is -0.146. The predicted octanol–water partition coefficient (Wildman–Crippen LogP) is 0.890. The van der Waals surface area contributed by atoms with Crippen LogP contribution in [-0.4, -0.2) is 23.1 Å². The SMILES string of the molecule is CC(O)C(=O)OC(=O)c1ccc(F)cc1. The van der Waals surface area contributed by atoms with Gasteiger partial charge in [-0.1, -0.05) is 0 Å². The second kappa shape index (κ2) is 4.65. The first-order chi connectivity index (χ1) is 7.00. The maximum absolute atomic E-state index is 12.5. The Labute approximate surface area is 85.3 Å². The number of halogens is 1. The molecule has 0 saturated carbocycles. The molecule has 0 aliphatic carbocycles. The monoisotopic (exact) mass is 212 g/mol. The quantitative estimate of drug-likeness (QED) is 0.584. The van der Waals surface area contributed by atoms with E-state index in [1.807, 2.05) is 0 Å². The van der Waals surface area contributed by atoms with E-state index in [0.29, 0.717) is 0 Å². The van der Waals surface area contributed by atoms with Crippen molar-refractivity contribution >= 4 is 11.9 Å². The molecule has 0 bridgehead atoms. The Hall–Kier alpha value is -1.75. The van der Waals surface area contributed by atoms with Gasteiger partial charge in [0.2, 0.25) is 0 Å². The molecule has 5 heteroatoms. The van der Waals surface area contributed by atoms with Crippen LogP contribution in [0, 0.1) is 5.82 Å². The van der Waals surface area contributed by atoms with E-state index in [9.17, 15) is 14.0 Å². The van der Waals surface area contributed by atoms with E-state index in [4.69, 9.17) is 5.11 Å². The number of esters is 2. The molecular weight excluding hydrogens is 203 g/mol. The van der Waals surface area contributed by atoms with Gasteiger partial charge in [0.15, 0.2) is 0 Å². The summed E-state index contributed by atoms with van der Waals surface area (Å²) in [4.78, 5) is 22.0. The number of carbonyl (C=O) groups excluding carboxylic acids is 2. The highest BCUT2D eigenvalue weighted by molar-refractivity contribution is 5.97. The molecule has 0 heterocycles. The summed E-state index contributed by atoms with van der Waals surface area (Å²) < 4.78 is 16.8. The van der Waals surface area contributed by atoms with Gasteiger partial charge in [0, 0.05) is 0 Å². The fourth-order valence-electron chi connectivity index (χ4n) is 0.822. The molecule has 15 heavy (non-hydrogen) atoms. The Balaban J connectivity index is 2.69. The van der Waals surface area contributed by atoms with Crippen molar-refractivity contribution in [3.8, 4) is 0 Å². The van der Waals surface area contributed by atoms with Crippen LogP contribution >= 0.6 is 0 Å². The number of carbonyl (C=O) groups is 2. The number of ether oxygens (including phenoxy) is 1. The van der Waals surface area contributed by atoms with Crippen molar-refractivity contribution in [3.63, 3.8) is 0 Å². The molecule has 0 spiro atoms. The highest BCUT2D eigenvalue weighted by atomic mass is 19.1. The van der Waals surface area contributed by atoms with Gasteiger partial charge in [0.05, 0.1) is 5.56 Å². The van der Waals surface area contributed by atoms with Gasteiger partial charge < -0.3 is 9.84 Å². The van der Waals surface area contributed by atoms with Gasteiger partial charge in [-0.2, -0.15) is 0 Å². The Morgan fingerprint density at radius 1 is 1.33 bits per heavy atom. The number of aliphatic hydroxyl groups is 1. The Morgan fingerprint density at radius 3 is 2.33 bits per heavy atom. The summed E-state index contributed by atoms with van der Waals surface area (Å²) in [6.07, 6.45) is -1.37. The zero-order chi connectivity index (χ0) is 11.4. The van der Waals surface area contributed by atoms with Crippen LogP contribution in [0.15, 0.2) is 24.3 Å². The maximum atomic E-state index is 12.5. The maximum Gasteiger partial charge on any atom is 0.345 e. The normalized spacial score (nSPS) is 11.9. The lowest BCUT2D eigenvalue weighted by atomic mass is 10.2. The average Bonchev–Trinajstić information content (AvgIpc) is 2.18. The van der Waals surface area contributed by atoms with Gasteiger partial charge in [-0.25, -0.2) is 14.0 Å². The summed E-state index contributed by atoms with van der Waals surface area (Å²) in [7, 11) is 0. The minimum Gasteiger partial charge on any atom is -0.387 e. The van der Waals surface area contributed by atoms with Gasteiger partial charge in [0.1, 0.15) is 11.9 Å². The number of benzene rings is 1. The molecule has 1 unspecified atom stereocenters. The van der Waals surface area contributed by atoms with Crippen molar-refractivity contribution in [2.24, 2.45) is 0 Å². The summed E-state index contributed by atoms with van der Waals surface area (Å²) in [5.41, 5.74) is 0.0467. The first-order valence-electron chi connectivity index (χ1n) is 4.20. The molecule has 1 rings (SSSR count). The van der Waals surface area contributed by atoms with Crippen LogP contribution in [0.3, 0.4) is 0 Å². The van der Waals surface area contributed by atoms with Crippen molar-refractivity contribution in [2.45, 2.75) is 13.0 Å². The van der Waals surface area contributed by atoms with Gasteiger partial charge in [0.25, 0.3) is 0 Å². The first-order valence-corrected chi connectivity index (χ1v) is 4.20. The molecule has 0 aromatic heterocycles. The number of aliphatic hydroxyl groups excluding tert-OH is 1. The van der Waals surface area contributed by atoms with Gasteiger partial charge in [-0.05, 0) is 31.2 Å².